The van der Waals surface area contributed by atoms with Gasteiger partial charge in [-0.25, -0.2) is 4.98 Å². The molecule has 0 spiro atoms. The van der Waals surface area contributed by atoms with Gasteiger partial charge in [0.1, 0.15) is 0 Å². The van der Waals surface area contributed by atoms with Crippen molar-refractivity contribution >= 4 is 17.4 Å². The van der Waals surface area contributed by atoms with E-state index >= 15 is 0 Å². The molecular weight excluding hydrogens is 358 g/mol. The Kier molecular flexibility index (Phi) is 5.98. The normalized spacial score (nSPS) is 11.0. The second kappa shape index (κ2) is 8.60. The molecule has 0 aliphatic carbocycles. The molecule has 0 bridgehead atoms. The SMILES string of the molecule is CC(C)c1noc(CCCC(=O)Nc2ccc(C(=O)c3nccn3C)cc2)n1. The fourth-order valence-electron chi connectivity index (χ4n) is 2.65. The number of nitrogens with zero attached hydrogens (tertiary/aromatic N) is 4. The van der Waals surface area contributed by atoms with E-state index in [1.54, 1.807) is 48.3 Å². The lowest BCUT2D eigenvalue weighted by molar-refractivity contribution is -0.116. The Morgan fingerprint density at radius 3 is 2.57 bits per heavy atom. The van der Waals surface area contributed by atoms with Gasteiger partial charge in [0.25, 0.3) is 0 Å². The van der Waals surface area contributed by atoms with E-state index in [2.05, 4.69) is 20.4 Å². The summed E-state index contributed by atoms with van der Waals surface area (Å²) < 4.78 is 6.84. The van der Waals surface area contributed by atoms with Crippen LogP contribution in [0.15, 0.2) is 41.2 Å². The van der Waals surface area contributed by atoms with Crippen LogP contribution < -0.4 is 5.32 Å². The van der Waals surface area contributed by atoms with E-state index in [4.69, 9.17) is 4.52 Å². The van der Waals surface area contributed by atoms with Crippen molar-refractivity contribution in [2.24, 2.45) is 7.05 Å². The average molecular weight is 381 g/mol. The number of aryl methyl sites for hydroxylation is 2. The molecule has 0 saturated carbocycles. The zero-order chi connectivity index (χ0) is 20.1. The molecule has 0 saturated heterocycles. The number of aromatic nitrogens is 4. The molecule has 0 fully saturated rings. The molecule has 28 heavy (non-hydrogen) atoms. The molecule has 3 aromatic rings. The molecule has 2 heterocycles. The van der Waals surface area contributed by atoms with E-state index in [1.807, 2.05) is 13.8 Å². The van der Waals surface area contributed by atoms with E-state index < -0.39 is 0 Å². The van der Waals surface area contributed by atoms with Gasteiger partial charge in [-0.2, -0.15) is 4.98 Å². The van der Waals surface area contributed by atoms with Gasteiger partial charge in [0.2, 0.25) is 17.6 Å². The zero-order valence-electron chi connectivity index (χ0n) is 16.2. The van der Waals surface area contributed by atoms with Crippen molar-refractivity contribution in [3.05, 3.63) is 59.8 Å². The van der Waals surface area contributed by atoms with Gasteiger partial charge < -0.3 is 14.4 Å². The molecule has 0 unspecified atom stereocenters. The fourth-order valence-corrected chi connectivity index (χ4v) is 2.65. The van der Waals surface area contributed by atoms with Gasteiger partial charge >= 0.3 is 0 Å². The summed E-state index contributed by atoms with van der Waals surface area (Å²) in [7, 11) is 1.77. The van der Waals surface area contributed by atoms with Crippen molar-refractivity contribution in [2.45, 2.75) is 39.0 Å². The van der Waals surface area contributed by atoms with Crippen LogP contribution in [0.2, 0.25) is 0 Å². The number of carbonyl (C=O) groups is 2. The van der Waals surface area contributed by atoms with Crippen molar-refractivity contribution in [3.63, 3.8) is 0 Å². The molecule has 0 aliphatic rings. The number of ketones is 1. The van der Waals surface area contributed by atoms with Crippen LogP contribution in [0.3, 0.4) is 0 Å². The molecule has 1 aromatic carbocycles. The number of amides is 1. The van der Waals surface area contributed by atoms with Crippen LogP contribution in [0.4, 0.5) is 5.69 Å². The van der Waals surface area contributed by atoms with Crippen LogP contribution in [-0.4, -0.2) is 31.4 Å². The van der Waals surface area contributed by atoms with Crippen LogP contribution >= 0.6 is 0 Å². The molecule has 8 heteroatoms. The van der Waals surface area contributed by atoms with E-state index in [-0.39, 0.29) is 17.6 Å². The molecule has 8 nitrogen and oxygen atoms in total. The van der Waals surface area contributed by atoms with Crippen molar-refractivity contribution < 1.29 is 14.1 Å². The van der Waals surface area contributed by atoms with Gasteiger partial charge in [-0.3, -0.25) is 9.59 Å². The lowest BCUT2D eigenvalue weighted by Gasteiger charge is -2.06. The predicted molar refractivity (Wildman–Crippen MR) is 103 cm³/mol. The highest BCUT2D eigenvalue weighted by molar-refractivity contribution is 6.07. The van der Waals surface area contributed by atoms with E-state index in [9.17, 15) is 9.59 Å². The molecule has 2 aromatic heterocycles. The highest BCUT2D eigenvalue weighted by atomic mass is 16.5. The molecular formula is C20H23N5O3. The second-order valence-electron chi connectivity index (χ2n) is 6.87. The van der Waals surface area contributed by atoms with Crippen LogP contribution in [0.1, 0.15) is 60.5 Å². The lowest BCUT2D eigenvalue weighted by atomic mass is 10.1. The maximum atomic E-state index is 12.4. The van der Waals surface area contributed by atoms with Gasteiger partial charge in [0.05, 0.1) is 0 Å². The minimum absolute atomic E-state index is 0.105. The molecule has 0 atom stereocenters. The van der Waals surface area contributed by atoms with Crippen LogP contribution in [0.5, 0.6) is 0 Å². The van der Waals surface area contributed by atoms with Crippen LogP contribution in [0.25, 0.3) is 0 Å². The third-order valence-corrected chi connectivity index (χ3v) is 4.25. The Morgan fingerprint density at radius 2 is 1.96 bits per heavy atom. The number of imidazole rings is 1. The van der Waals surface area contributed by atoms with Crippen molar-refractivity contribution in [1.29, 1.82) is 0 Å². The standard InChI is InChI=1S/C20H23N5O3/c1-13(2)19-23-17(28-24-19)6-4-5-16(26)22-15-9-7-14(8-10-15)18(27)20-21-11-12-25(20)3/h7-13H,4-6H2,1-3H3,(H,22,26). The van der Waals surface area contributed by atoms with Gasteiger partial charge in [-0.05, 0) is 30.7 Å². The summed E-state index contributed by atoms with van der Waals surface area (Å²) in [5.74, 6) is 1.55. The molecule has 1 amide bonds. The maximum Gasteiger partial charge on any atom is 0.228 e. The summed E-state index contributed by atoms with van der Waals surface area (Å²) in [6.07, 6.45) is 4.82. The summed E-state index contributed by atoms with van der Waals surface area (Å²) >= 11 is 0. The Balaban J connectivity index is 1.49. The highest BCUT2D eigenvalue weighted by Crippen LogP contribution is 2.14. The van der Waals surface area contributed by atoms with Crippen molar-refractivity contribution in [3.8, 4) is 0 Å². The molecule has 3 rings (SSSR count). The first-order chi connectivity index (χ1) is 13.4. The van der Waals surface area contributed by atoms with E-state index in [0.717, 1.165) is 0 Å². The molecule has 0 aliphatic heterocycles. The van der Waals surface area contributed by atoms with Gasteiger partial charge in [0, 0.05) is 49.5 Å². The van der Waals surface area contributed by atoms with Crippen molar-refractivity contribution in [1.82, 2.24) is 19.7 Å². The summed E-state index contributed by atoms with van der Waals surface area (Å²) in [5, 5.41) is 6.73. The molecule has 1 N–H and O–H groups in total. The Labute approximate surface area is 163 Å². The summed E-state index contributed by atoms with van der Waals surface area (Å²) in [6.45, 7) is 3.99. The number of rotatable bonds is 8. The quantitative estimate of drug-likeness (QED) is 0.601. The number of benzene rings is 1. The fraction of sp³-hybridized carbons (Fsp3) is 0.350. The minimum atomic E-state index is -0.161. The topological polar surface area (TPSA) is 103 Å². The Hall–Kier alpha value is -3.29. The number of nitrogens with one attached hydrogen (secondary N) is 1. The van der Waals surface area contributed by atoms with Gasteiger partial charge in [-0.1, -0.05) is 19.0 Å². The van der Waals surface area contributed by atoms with Gasteiger partial charge in [0.15, 0.2) is 11.6 Å². The van der Waals surface area contributed by atoms with Crippen LogP contribution in [-0.2, 0) is 18.3 Å². The Bertz CT molecular complexity index is 956. The first-order valence-electron chi connectivity index (χ1n) is 9.18. The molecule has 146 valence electrons. The summed E-state index contributed by atoms with van der Waals surface area (Å²) in [6, 6.07) is 6.78. The smallest absolute Gasteiger partial charge is 0.228 e. The first-order valence-corrected chi connectivity index (χ1v) is 9.18. The average Bonchev–Trinajstić information content (AvgIpc) is 3.31. The second-order valence-corrected chi connectivity index (χ2v) is 6.87. The van der Waals surface area contributed by atoms with Crippen LogP contribution in [0, 0.1) is 0 Å². The van der Waals surface area contributed by atoms with Crippen molar-refractivity contribution in [2.75, 3.05) is 5.32 Å². The van der Waals surface area contributed by atoms with Gasteiger partial charge in [-0.15, -0.1) is 0 Å². The first kappa shape index (κ1) is 19.5. The number of carbonyl (C=O) groups excluding carboxylic acids is 2. The Morgan fingerprint density at radius 1 is 1.21 bits per heavy atom. The largest absolute Gasteiger partial charge is 0.339 e. The summed E-state index contributed by atoms with van der Waals surface area (Å²) in [5.41, 5.74) is 1.16. The maximum absolute atomic E-state index is 12.4. The number of hydrogen-bond acceptors (Lipinski definition) is 6. The monoisotopic (exact) mass is 381 g/mol. The highest BCUT2D eigenvalue weighted by Gasteiger charge is 2.14. The number of anilines is 1. The minimum Gasteiger partial charge on any atom is -0.339 e. The molecule has 0 radical (unpaired) electrons. The zero-order valence-corrected chi connectivity index (χ0v) is 16.2. The van der Waals surface area contributed by atoms with E-state index in [0.29, 0.717) is 48.1 Å². The van der Waals surface area contributed by atoms with E-state index in [1.165, 1.54) is 0 Å². The number of hydrogen-bond donors (Lipinski definition) is 1. The third-order valence-electron chi connectivity index (χ3n) is 4.25. The lowest BCUT2D eigenvalue weighted by Crippen LogP contribution is -2.12. The third kappa shape index (κ3) is 4.70. The summed E-state index contributed by atoms with van der Waals surface area (Å²) in [4.78, 5) is 32.9. The predicted octanol–water partition coefficient (Wildman–Crippen LogP) is 3.12.